The van der Waals surface area contributed by atoms with Crippen LogP contribution in [0.1, 0.15) is 16.7 Å². The predicted octanol–water partition coefficient (Wildman–Crippen LogP) is 3.77. The molecule has 1 saturated heterocycles. The van der Waals surface area contributed by atoms with E-state index in [1.807, 2.05) is 53.2 Å². The van der Waals surface area contributed by atoms with Crippen molar-refractivity contribution < 1.29 is 19.1 Å². The number of aromatic nitrogens is 1. The Morgan fingerprint density at radius 2 is 1.59 bits per heavy atom. The summed E-state index contributed by atoms with van der Waals surface area (Å²) in [5, 5.41) is 0.911. The van der Waals surface area contributed by atoms with Crippen LogP contribution in [-0.2, 0) is 16.1 Å². The molecule has 0 N–H and O–H groups in total. The third-order valence-corrected chi connectivity index (χ3v) is 5.84. The number of likely N-dealkylation sites (N-methyl/N-ethyl adjacent to an activating group) is 2. The van der Waals surface area contributed by atoms with Gasteiger partial charge in [0.1, 0.15) is 17.9 Å². The Morgan fingerprint density at radius 3 is 2.28 bits per heavy atom. The molecule has 3 aromatic rings. The van der Waals surface area contributed by atoms with Gasteiger partial charge in [-0.25, -0.2) is 4.79 Å². The number of imide groups is 2. The number of carbonyl (C=O) groups is 3. The Kier molecular flexibility index (Phi) is 5.57. The fourth-order valence-corrected chi connectivity index (χ4v) is 3.77. The van der Waals surface area contributed by atoms with Crippen LogP contribution in [0.4, 0.5) is 4.79 Å². The number of fused-ring (bicyclic) bond motifs is 1. The molecular weight excluding hydrogens is 406 g/mol. The molecule has 0 saturated carbocycles. The Labute approximate surface area is 186 Å². The van der Waals surface area contributed by atoms with Gasteiger partial charge >= 0.3 is 6.03 Å². The molecule has 0 spiro atoms. The number of hydrogen-bond acceptors (Lipinski definition) is 4. The van der Waals surface area contributed by atoms with Crippen molar-refractivity contribution in [3.05, 3.63) is 70.9 Å². The van der Waals surface area contributed by atoms with Crippen molar-refractivity contribution in [2.75, 3.05) is 20.7 Å². The molecule has 7 heteroatoms. The summed E-state index contributed by atoms with van der Waals surface area (Å²) in [4.78, 5) is 39.1. The van der Waals surface area contributed by atoms with Gasteiger partial charge in [-0.05, 0) is 49.2 Å². The summed E-state index contributed by atoms with van der Waals surface area (Å²) in [5.41, 5.74) is 4.06. The van der Waals surface area contributed by atoms with E-state index in [4.69, 9.17) is 4.74 Å². The Bertz CT molecular complexity index is 1250. The second-order valence-electron chi connectivity index (χ2n) is 7.96. The van der Waals surface area contributed by atoms with Gasteiger partial charge in [0.25, 0.3) is 11.8 Å². The van der Waals surface area contributed by atoms with E-state index in [0.717, 1.165) is 32.0 Å². The lowest BCUT2D eigenvalue weighted by molar-refractivity contribution is -0.134. The van der Waals surface area contributed by atoms with E-state index in [0.29, 0.717) is 13.2 Å². The molecule has 32 heavy (non-hydrogen) atoms. The van der Waals surface area contributed by atoms with Gasteiger partial charge in [-0.3, -0.25) is 19.4 Å². The van der Waals surface area contributed by atoms with Gasteiger partial charge in [0.15, 0.2) is 0 Å². The fourth-order valence-electron chi connectivity index (χ4n) is 3.77. The number of barbiturate groups is 1. The Morgan fingerprint density at radius 1 is 0.906 bits per heavy atom. The van der Waals surface area contributed by atoms with Crippen molar-refractivity contribution >= 4 is 34.8 Å². The summed E-state index contributed by atoms with van der Waals surface area (Å²) in [5.74, 6) is -0.387. The SMILES string of the molecule is Cc1ccc(OCCn2cc(C=C3C(=O)N(C)C(=O)N(C)C3=O)c3ccccc32)cc1C. The van der Waals surface area contributed by atoms with Crippen molar-refractivity contribution in [3.8, 4) is 5.75 Å². The van der Waals surface area contributed by atoms with Gasteiger partial charge in [0.2, 0.25) is 0 Å². The summed E-state index contributed by atoms with van der Waals surface area (Å²) in [6.45, 7) is 5.18. The second-order valence-corrected chi connectivity index (χ2v) is 7.96. The van der Waals surface area contributed by atoms with E-state index in [2.05, 4.69) is 13.8 Å². The van der Waals surface area contributed by atoms with Gasteiger partial charge < -0.3 is 9.30 Å². The topological polar surface area (TPSA) is 71.8 Å². The van der Waals surface area contributed by atoms with Crippen LogP contribution in [0.25, 0.3) is 17.0 Å². The van der Waals surface area contributed by atoms with Gasteiger partial charge in [-0.1, -0.05) is 24.3 Å². The Balaban J connectivity index is 1.62. The van der Waals surface area contributed by atoms with E-state index in [1.165, 1.54) is 25.2 Å². The Hall–Kier alpha value is -3.87. The number of amides is 4. The molecule has 0 atom stereocenters. The highest BCUT2D eigenvalue weighted by atomic mass is 16.5. The number of rotatable bonds is 5. The standard InChI is InChI=1S/C25H25N3O4/c1-16-9-10-19(13-17(16)2)32-12-11-28-15-18(20-7-5-6-8-22(20)28)14-21-23(29)26(3)25(31)27(4)24(21)30/h5-10,13-15H,11-12H2,1-4H3. The molecule has 1 aliphatic rings. The molecule has 4 amide bonds. The molecule has 0 bridgehead atoms. The van der Waals surface area contributed by atoms with Crippen LogP contribution in [0.5, 0.6) is 5.75 Å². The second kappa shape index (κ2) is 8.34. The van der Waals surface area contributed by atoms with Crippen molar-refractivity contribution in [2.45, 2.75) is 20.4 Å². The first-order valence-electron chi connectivity index (χ1n) is 10.4. The number of para-hydroxylation sites is 1. The monoisotopic (exact) mass is 431 g/mol. The maximum atomic E-state index is 12.6. The molecule has 2 heterocycles. The van der Waals surface area contributed by atoms with Crippen LogP contribution in [-0.4, -0.2) is 52.9 Å². The minimum atomic E-state index is -0.636. The maximum Gasteiger partial charge on any atom is 0.333 e. The number of ether oxygens (including phenoxy) is 1. The van der Waals surface area contributed by atoms with Gasteiger partial charge in [0, 0.05) is 36.8 Å². The zero-order valence-corrected chi connectivity index (χ0v) is 18.6. The van der Waals surface area contributed by atoms with Crippen LogP contribution in [0.2, 0.25) is 0 Å². The quantitative estimate of drug-likeness (QED) is 0.455. The number of aryl methyl sites for hydroxylation is 2. The summed E-state index contributed by atoms with van der Waals surface area (Å²) in [6.07, 6.45) is 3.46. The van der Waals surface area contributed by atoms with E-state index in [-0.39, 0.29) is 5.57 Å². The van der Waals surface area contributed by atoms with Crippen LogP contribution < -0.4 is 4.74 Å². The summed E-state index contributed by atoms with van der Waals surface area (Å²) in [7, 11) is 2.74. The zero-order valence-electron chi connectivity index (χ0n) is 18.6. The molecule has 1 aromatic heterocycles. The lowest BCUT2D eigenvalue weighted by Gasteiger charge is -2.28. The van der Waals surface area contributed by atoms with Crippen molar-refractivity contribution in [1.29, 1.82) is 0 Å². The normalized spacial score (nSPS) is 14.5. The highest BCUT2D eigenvalue weighted by Crippen LogP contribution is 2.26. The maximum absolute atomic E-state index is 12.6. The van der Waals surface area contributed by atoms with E-state index in [9.17, 15) is 14.4 Å². The number of urea groups is 1. The third-order valence-electron chi connectivity index (χ3n) is 5.84. The van der Waals surface area contributed by atoms with Crippen molar-refractivity contribution in [2.24, 2.45) is 0 Å². The summed E-state index contributed by atoms with van der Waals surface area (Å²) in [6, 6.07) is 13.2. The third kappa shape index (κ3) is 3.77. The molecule has 0 aliphatic carbocycles. The molecule has 0 radical (unpaired) electrons. The number of benzene rings is 2. The van der Waals surface area contributed by atoms with Crippen LogP contribution in [0, 0.1) is 13.8 Å². The highest BCUT2D eigenvalue weighted by Gasteiger charge is 2.37. The first kappa shape index (κ1) is 21.4. The predicted molar refractivity (Wildman–Crippen MR) is 122 cm³/mol. The van der Waals surface area contributed by atoms with E-state index < -0.39 is 17.8 Å². The summed E-state index contributed by atoms with van der Waals surface area (Å²) >= 11 is 0. The van der Waals surface area contributed by atoms with E-state index >= 15 is 0 Å². The van der Waals surface area contributed by atoms with E-state index in [1.54, 1.807) is 6.08 Å². The largest absolute Gasteiger partial charge is 0.492 e. The molecule has 1 aliphatic heterocycles. The molecule has 2 aromatic carbocycles. The van der Waals surface area contributed by atoms with Gasteiger partial charge in [-0.15, -0.1) is 0 Å². The molecule has 1 fully saturated rings. The van der Waals surface area contributed by atoms with Crippen molar-refractivity contribution in [3.63, 3.8) is 0 Å². The number of hydrogen-bond donors (Lipinski definition) is 0. The summed E-state index contributed by atoms with van der Waals surface area (Å²) < 4.78 is 7.97. The zero-order chi connectivity index (χ0) is 23.0. The first-order valence-corrected chi connectivity index (χ1v) is 10.4. The smallest absolute Gasteiger partial charge is 0.333 e. The molecule has 7 nitrogen and oxygen atoms in total. The highest BCUT2D eigenvalue weighted by molar-refractivity contribution is 6.31. The van der Waals surface area contributed by atoms with Crippen LogP contribution >= 0.6 is 0 Å². The molecule has 164 valence electrons. The van der Waals surface area contributed by atoms with Gasteiger partial charge in [0.05, 0.1) is 6.54 Å². The average molecular weight is 431 g/mol. The van der Waals surface area contributed by atoms with Crippen LogP contribution in [0.15, 0.2) is 54.2 Å². The molecule has 0 unspecified atom stereocenters. The first-order chi connectivity index (χ1) is 15.3. The molecule has 4 rings (SSSR count). The van der Waals surface area contributed by atoms with Gasteiger partial charge in [-0.2, -0.15) is 0 Å². The number of carbonyl (C=O) groups excluding carboxylic acids is 3. The van der Waals surface area contributed by atoms with Crippen LogP contribution in [0.3, 0.4) is 0 Å². The van der Waals surface area contributed by atoms with Crippen molar-refractivity contribution in [1.82, 2.24) is 14.4 Å². The number of nitrogens with zero attached hydrogens (tertiary/aromatic N) is 3. The fraction of sp³-hybridized carbons (Fsp3) is 0.240. The minimum Gasteiger partial charge on any atom is -0.492 e. The average Bonchev–Trinajstić information content (AvgIpc) is 3.14. The lowest BCUT2D eigenvalue weighted by atomic mass is 10.1. The minimum absolute atomic E-state index is 0.0381. The molecular formula is C25H25N3O4. The lowest BCUT2D eigenvalue weighted by Crippen LogP contribution is -2.52.